The molecule has 0 radical (unpaired) electrons. The second-order valence-electron chi connectivity index (χ2n) is 6.95. The van der Waals surface area contributed by atoms with E-state index in [1.807, 2.05) is 24.4 Å². The summed E-state index contributed by atoms with van der Waals surface area (Å²) in [5, 5.41) is 13.2. The molecule has 0 fully saturated rings. The molecule has 0 saturated carbocycles. The quantitative estimate of drug-likeness (QED) is 0.351. The molecule has 3 aromatic carbocycles. The molecule has 0 spiro atoms. The van der Waals surface area contributed by atoms with Crippen molar-refractivity contribution in [3.05, 3.63) is 71.8 Å². The van der Waals surface area contributed by atoms with Crippen LogP contribution in [-0.4, -0.2) is 30.9 Å². The average molecular weight is 411 g/mol. The summed E-state index contributed by atoms with van der Waals surface area (Å²) in [4.78, 5) is 13.9. The van der Waals surface area contributed by atoms with Gasteiger partial charge in [0, 0.05) is 25.7 Å². The first-order valence-corrected chi connectivity index (χ1v) is 9.39. The van der Waals surface area contributed by atoms with Gasteiger partial charge >= 0.3 is 6.18 Å². The van der Waals surface area contributed by atoms with Crippen LogP contribution in [0.25, 0.3) is 21.9 Å². The fourth-order valence-electron chi connectivity index (χ4n) is 3.19. The van der Waals surface area contributed by atoms with E-state index in [1.54, 1.807) is 25.2 Å². The van der Waals surface area contributed by atoms with Crippen LogP contribution >= 0.6 is 0 Å². The van der Waals surface area contributed by atoms with Gasteiger partial charge < -0.3 is 10.2 Å². The summed E-state index contributed by atoms with van der Waals surface area (Å²) in [5.74, 6) is -0.212. The lowest BCUT2D eigenvalue weighted by atomic mass is 9.96. The molecule has 1 N–H and O–H groups in total. The lowest BCUT2D eigenvalue weighted by molar-refractivity contribution is -0.137. The first kappa shape index (κ1) is 21.2. The highest BCUT2D eigenvalue weighted by Gasteiger charge is 2.30. The molecule has 0 atom stereocenters. The first-order chi connectivity index (χ1) is 14.3. The Labute approximate surface area is 172 Å². The Balaban J connectivity index is 1.79. The molecule has 0 saturated heterocycles. The molecular formula is C23H20F3N3O. The monoisotopic (exact) mass is 411 g/mol. The van der Waals surface area contributed by atoms with Crippen LogP contribution in [0.4, 0.5) is 13.2 Å². The van der Waals surface area contributed by atoms with Gasteiger partial charge in [-0.25, -0.2) is 0 Å². The number of carbonyl (C=O) groups is 1. The zero-order valence-electron chi connectivity index (χ0n) is 16.3. The smallest absolute Gasteiger partial charge is 0.352 e. The number of alkyl halides is 3. The summed E-state index contributed by atoms with van der Waals surface area (Å²) in [6.45, 7) is 1.01. The van der Waals surface area contributed by atoms with Crippen molar-refractivity contribution in [3.63, 3.8) is 0 Å². The van der Waals surface area contributed by atoms with Crippen LogP contribution in [0.3, 0.4) is 0 Å². The topological polar surface area (TPSA) is 56.1 Å². The molecule has 4 nitrogen and oxygen atoms in total. The molecule has 0 aliphatic carbocycles. The van der Waals surface area contributed by atoms with E-state index in [1.165, 1.54) is 17.0 Å². The van der Waals surface area contributed by atoms with E-state index < -0.39 is 11.7 Å². The van der Waals surface area contributed by atoms with Gasteiger partial charge in [0.2, 0.25) is 0 Å². The number of carbonyl (C=O) groups excluding carboxylic acids is 1. The van der Waals surface area contributed by atoms with Crippen molar-refractivity contribution < 1.29 is 18.0 Å². The van der Waals surface area contributed by atoms with Crippen LogP contribution in [0.5, 0.6) is 0 Å². The predicted octanol–water partition coefficient (Wildman–Crippen LogP) is 5.06. The van der Waals surface area contributed by atoms with E-state index >= 15 is 0 Å². The van der Waals surface area contributed by atoms with E-state index in [2.05, 4.69) is 5.32 Å². The molecule has 30 heavy (non-hydrogen) atoms. The minimum absolute atomic E-state index is 0.212. The number of nitrogens with one attached hydrogen (secondary N) is 1. The van der Waals surface area contributed by atoms with Crippen molar-refractivity contribution in [2.24, 2.45) is 0 Å². The Kier molecular flexibility index (Phi) is 6.26. The predicted molar refractivity (Wildman–Crippen MR) is 110 cm³/mol. The zero-order chi connectivity index (χ0) is 21.7. The number of nitrogens with zero attached hydrogens (tertiary/aromatic N) is 2. The normalized spacial score (nSPS) is 11.2. The van der Waals surface area contributed by atoms with Gasteiger partial charge in [-0.2, -0.15) is 18.4 Å². The molecular weight excluding hydrogens is 391 g/mol. The minimum Gasteiger partial charge on any atom is -0.352 e. The second kappa shape index (κ2) is 8.87. The van der Waals surface area contributed by atoms with Crippen molar-refractivity contribution in [2.45, 2.75) is 12.6 Å². The Morgan fingerprint density at radius 3 is 2.50 bits per heavy atom. The summed E-state index contributed by atoms with van der Waals surface area (Å²) in [5.41, 5.74) is 1.28. The lowest BCUT2D eigenvalue weighted by Crippen LogP contribution is -2.26. The number of rotatable bonds is 6. The Bertz CT molecular complexity index is 1090. The van der Waals surface area contributed by atoms with E-state index in [0.717, 1.165) is 28.5 Å². The highest BCUT2D eigenvalue weighted by Crippen LogP contribution is 2.33. The van der Waals surface area contributed by atoms with Crippen molar-refractivity contribution in [3.8, 4) is 17.3 Å². The molecule has 1 amide bonds. The summed E-state index contributed by atoms with van der Waals surface area (Å²) >= 11 is 0. The number of benzene rings is 3. The standard InChI is InChI=1S/C23H20F3N3O/c1-29(15-27)13-3-12-28-22(30)18-8-11-21-17(14-18)4-2-5-20(21)16-6-9-19(10-7-16)23(24,25)26/h2,4-11,14H,3,12-13H2,1H3,(H,28,30). The molecule has 0 aliphatic rings. The number of hydrogen-bond acceptors (Lipinski definition) is 3. The van der Waals surface area contributed by atoms with Crippen LogP contribution < -0.4 is 5.32 Å². The van der Waals surface area contributed by atoms with Crippen LogP contribution in [0.2, 0.25) is 0 Å². The van der Waals surface area contributed by atoms with Crippen molar-refractivity contribution in [2.75, 3.05) is 20.1 Å². The van der Waals surface area contributed by atoms with Gasteiger partial charge in [-0.1, -0.05) is 36.4 Å². The Morgan fingerprint density at radius 2 is 1.83 bits per heavy atom. The van der Waals surface area contributed by atoms with E-state index in [-0.39, 0.29) is 5.91 Å². The highest BCUT2D eigenvalue weighted by molar-refractivity contribution is 6.02. The largest absolute Gasteiger partial charge is 0.416 e. The third-order valence-electron chi connectivity index (χ3n) is 4.79. The first-order valence-electron chi connectivity index (χ1n) is 9.39. The average Bonchev–Trinajstić information content (AvgIpc) is 2.75. The maximum absolute atomic E-state index is 12.8. The van der Waals surface area contributed by atoms with Crippen LogP contribution in [0, 0.1) is 11.5 Å². The molecule has 7 heteroatoms. The molecule has 3 rings (SSSR count). The van der Waals surface area contributed by atoms with Crippen molar-refractivity contribution >= 4 is 16.7 Å². The number of hydrogen-bond donors (Lipinski definition) is 1. The summed E-state index contributed by atoms with van der Waals surface area (Å²) in [6.07, 6.45) is -1.72. The van der Waals surface area contributed by atoms with Gasteiger partial charge in [0.25, 0.3) is 5.91 Å². The lowest BCUT2D eigenvalue weighted by Gasteiger charge is -2.12. The van der Waals surface area contributed by atoms with Crippen LogP contribution in [0.15, 0.2) is 60.7 Å². The summed E-state index contributed by atoms with van der Waals surface area (Å²) < 4.78 is 38.4. The molecule has 154 valence electrons. The van der Waals surface area contributed by atoms with Gasteiger partial charge in [0.1, 0.15) is 0 Å². The molecule has 0 heterocycles. The maximum Gasteiger partial charge on any atom is 0.416 e. The van der Waals surface area contributed by atoms with Crippen molar-refractivity contribution in [1.29, 1.82) is 5.26 Å². The Morgan fingerprint density at radius 1 is 1.10 bits per heavy atom. The molecule has 0 aromatic heterocycles. The van der Waals surface area contributed by atoms with Crippen molar-refractivity contribution in [1.82, 2.24) is 10.2 Å². The Hall–Kier alpha value is -3.53. The molecule has 0 unspecified atom stereocenters. The number of fused-ring (bicyclic) bond motifs is 1. The fourth-order valence-corrected chi connectivity index (χ4v) is 3.19. The number of nitriles is 1. The van der Waals surface area contributed by atoms with E-state index in [0.29, 0.717) is 30.6 Å². The highest BCUT2D eigenvalue weighted by atomic mass is 19.4. The summed E-state index contributed by atoms with van der Waals surface area (Å²) in [6, 6.07) is 15.8. The number of halogens is 3. The van der Waals surface area contributed by atoms with Gasteiger partial charge in [-0.3, -0.25) is 4.79 Å². The van der Waals surface area contributed by atoms with Crippen LogP contribution in [-0.2, 0) is 6.18 Å². The molecule has 3 aromatic rings. The fraction of sp³-hybridized carbons (Fsp3) is 0.217. The second-order valence-corrected chi connectivity index (χ2v) is 6.95. The zero-order valence-corrected chi connectivity index (χ0v) is 16.3. The summed E-state index contributed by atoms with van der Waals surface area (Å²) in [7, 11) is 1.68. The van der Waals surface area contributed by atoms with Gasteiger partial charge in [-0.05, 0) is 52.6 Å². The van der Waals surface area contributed by atoms with Crippen LogP contribution in [0.1, 0.15) is 22.3 Å². The number of amides is 1. The molecule has 0 bridgehead atoms. The van der Waals surface area contributed by atoms with E-state index in [4.69, 9.17) is 5.26 Å². The molecule has 0 aliphatic heterocycles. The SMILES string of the molecule is CN(C#N)CCCNC(=O)c1ccc2c(-c3ccc(C(F)(F)F)cc3)cccc2c1. The van der Waals surface area contributed by atoms with Gasteiger partial charge in [-0.15, -0.1) is 0 Å². The minimum atomic E-state index is -4.37. The third-order valence-corrected chi connectivity index (χ3v) is 4.79. The maximum atomic E-state index is 12.8. The third kappa shape index (κ3) is 4.90. The van der Waals surface area contributed by atoms with E-state index in [9.17, 15) is 18.0 Å². The van der Waals surface area contributed by atoms with Gasteiger partial charge in [0.15, 0.2) is 6.19 Å². The van der Waals surface area contributed by atoms with Gasteiger partial charge in [0.05, 0.1) is 5.56 Å².